The van der Waals surface area contributed by atoms with Crippen LogP contribution < -0.4 is 0 Å². The highest BCUT2D eigenvalue weighted by molar-refractivity contribution is 5.97. The number of Topliss-reactive ketones (excluding diaryl/α,β-unsaturated/α-hetero) is 1. The van der Waals surface area contributed by atoms with Crippen LogP contribution in [0.2, 0.25) is 0 Å². The molecule has 0 bridgehead atoms. The largest absolute Gasteiger partial charge is 0.376 e. The normalized spacial score (nSPS) is 20.0. The number of aromatic nitrogens is 2. The van der Waals surface area contributed by atoms with Crippen molar-refractivity contribution in [1.29, 1.82) is 0 Å². The minimum Gasteiger partial charge on any atom is -0.376 e. The summed E-state index contributed by atoms with van der Waals surface area (Å²) in [6.07, 6.45) is 6.53. The maximum Gasteiger partial charge on any atom is 0.159 e. The van der Waals surface area contributed by atoms with Gasteiger partial charge in [0.05, 0.1) is 30.2 Å². The second-order valence-electron chi connectivity index (χ2n) is 7.72. The fourth-order valence-corrected chi connectivity index (χ4v) is 3.67. The fourth-order valence-electron chi connectivity index (χ4n) is 3.67. The van der Waals surface area contributed by atoms with Crippen molar-refractivity contribution in [2.24, 2.45) is 0 Å². The Morgan fingerprint density at radius 3 is 2.52 bits per heavy atom. The number of rotatable bonds is 5. The number of carbonyl (C=O) groups is 1. The standard InChI is InChI=1S/C19H25N3O2.C3H8/c1-14(23)15-5-6-17-18(11-15)22(12-16-7-10-24-16)19(20-17)13-21-8-3-2-4-9-21;1-3-2/h5-6,11,16H,2-4,7-10,12-13H2,1H3;3H2,1-2H3. The summed E-state index contributed by atoms with van der Waals surface area (Å²) >= 11 is 0. The molecule has 2 saturated heterocycles. The summed E-state index contributed by atoms with van der Waals surface area (Å²) in [5.74, 6) is 1.20. The van der Waals surface area contributed by atoms with Gasteiger partial charge >= 0.3 is 0 Å². The Morgan fingerprint density at radius 2 is 1.93 bits per heavy atom. The van der Waals surface area contributed by atoms with Gasteiger partial charge in [-0.1, -0.05) is 26.7 Å². The first-order valence-corrected chi connectivity index (χ1v) is 10.5. The first kappa shape index (κ1) is 20.0. The second-order valence-corrected chi connectivity index (χ2v) is 7.72. The van der Waals surface area contributed by atoms with Crippen LogP contribution in [0.1, 0.15) is 69.1 Å². The van der Waals surface area contributed by atoms with Crippen LogP contribution in [0, 0.1) is 0 Å². The number of likely N-dealkylation sites (tertiary alicyclic amines) is 1. The van der Waals surface area contributed by atoms with E-state index in [0.717, 1.165) is 61.6 Å². The van der Waals surface area contributed by atoms with Crippen LogP contribution in [-0.2, 0) is 17.8 Å². The maximum atomic E-state index is 11.8. The predicted octanol–water partition coefficient (Wildman–Crippen LogP) is 4.43. The topological polar surface area (TPSA) is 47.4 Å². The van der Waals surface area contributed by atoms with Crippen LogP contribution >= 0.6 is 0 Å². The van der Waals surface area contributed by atoms with Gasteiger partial charge in [0.2, 0.25) is 0 Å². The molecule has 0 spiro atoms. The Morgan fingerprint density at radius 1 is 1.22 bits per heavy atom. The molecular weight excluding hydrogens is 338 g/mol. The molecule has 1 unspecified atom stereocenters. The van der Waals surface area contributed by atoms with Gasteiger partial charge in [0.15, 0.2) is 5.78 Å². The van der Waals surface area contributed by atoms with Crippen molar-refractivity contribution in [3.05, 3.63) is 29.6 Å². The molecule has 2 aliphatic rings. The minimum atomic E-state index is 0.0992. The van der Waals surface area contributed by atoms with Crippen molar-refractivity contribution >= 4 is 16.8 Å². The number of benzene rings is 1. The number of ketones is 1. The van der Waals surface area contributed by atoms with E-state index in [9.17, 15) is 4.79 Å². The summed E-state index contributed by atoms with van der Waals surface area (Å²) in [4.78, 5) is 19.1. The van der Waals surface area contributed by atoms with E-state index in [1.54, 1.807) is 6.92 Å². The van der Waals surface area contributed by atoms with E-state index in [1.807, 2.05) is 18.2 Å². The molecule has 0 N–H and O–H groups in total. The summed E-state index contributed by atoms with van der Waals surface area (Å²) in [6.45, 7) is 10.8. The van der Waals surface area contributed by atoms with Crippen molar-refractivity contribution in [3.8, 4) is 0 Å². The van der Waals surface area contributed by atoms with Crippen molar-refractivity contribution < 1.29 is 9.53 Å². The molecular formula is C22H33N3O2. The fraction of sp³-hybridized carbons (Fsp3) is 0.636. The van der Waals surface area contributed by atoms with Gasteiger partial charge < -0.3 is 9.30 Å². The molecule has 4 rings (SSSR count). The Bertz CT molecular complexity index is 758. The second kappa shape index (κ2) is 9.47. The Hall–Kier alpha value is -1.72. The number of nitrogens with zero attached hydrogens (tertiary/aromatic N) is 3. The summed E-state index contributed by atoms with van der Waals surface area (Å²) in [5, 5.41) is 0. The van der Waals surface area contributed by atoms with E-state index in [0.29, 0.717) is 0 Å². The molecule has 0 amide bonds. The van der Waals surface area contributed by atoms with Crippen LogP contribution in [0.25, 0.3) is 11.0 Å². The lowest BCUT2D eigenvalue weighted by atomic mass is 10.1. The summed E-state index contributed by atoms with van der Waals surface area (Å²) in [5.41, 5.74) is 2.79. The molecule has 0 radical (unpaired) electrons. The van der Waals surface area contributed by atoms with Gasteiger partial charge in [0, 0.05) is 12.2 Å². The third-order valence-electron chi connectivity index (χ3n) is 5.23. The average molecular weight is 372 g/mol. The van der Waals surface area contributed by atoms with Crippen LogP contribution in [0.5, 0.6) is 0 Å². The van der Waals surface area contributed by atoms with Crippen LogP contribution in [0.3, 0.4) is 0 Å². The first-order chi connectivity index (χ1) is 13.1. The molecule has 27 heavy (non-hydrogen) atoms. The SMILES string of the molecule is CC(=O)c1ccc2nc(CN3CCCCC3)n(CC3CCO3)c2c1.CCC. The summed E-state index contributed by atoms with van der Waals surface area (Å²) in [7, 11) is 0. The summed E-state index contributed by atoms with van der Waals surface area (Å²) in [6, 6.07) is 5.85. The number of hydrogen-bond donors (Lipinski definition) is 0. The zero-order chi connectivity index (χ0) is 19.2. The number of ether oxygens (including phenoxy) is 1. The van der Waals surface area contributed by atoms with Crippen molar-refractivity contribution in [2.75, 3.05) is 19.7 Å². The highest BCUT2D eigenvalue weighted by atomic mass is 16.5. The molecule has 1 aromatic carbocycles. The molecule has 3 heterocycles. The van der Waals surface area contributed by atoms with Crippen molar-refractivity contribution in [3.63, 3.8) is 0 Å². The minimum absolute atomic E-state index is 0.0992. The Balaban J connectivity index is 0.000000659. The third-order valence-corrected chi connectivity index (χ3v) is 5.23. The van der Waals surface area contributed by atoms with E-state index in [2.05, 4.69) is 23.3 Å². The first-order valence-electron chi connectivity index (χ1n) is 10.5. The molecule has 148 valence electrons. The number of piperidine rings is 1. The van der Waals surface area contributed by atoms with Crippen LogP contribution in [0.4, 0.5) is 0 Å². The number of imidazole rings is 1. The smallest absolute Gasteiger partial charge is 0.159 e. The molecule has 2 aliphatic heterocycles. The molecule has 5 heteroatoms. The van der Waals surface area contributed by atoms with Gasteiger partial charge in [-0.25, -0.2) is 4.98 Å². The van der Waals surface area contributed by atoms with Gasteiger partial charge in [-0.3, -0.25) is 9.69 Å². The van der Waals surface area contributed by atoms with Crippen LogP contribution in [-0.4, -0.2) is 46.0 Å². The van der Waals surface area contributed by atoms with Gasteiger partial charge in [-0.05, 0) is 57.5 Å². The molecule has 2 aromatic rings. The van der Waals surface area contributed by atoms with E-state index in [1.165, 1.54) is 25.7 Å². The van der Waals surface area contributed by atoms with E-state index < -0.39 is 0 Å². The summed E-state index contributed by atoms with van der Waals surface area (Å²) < 4.78 is 7.92. The van der Waals surface area contributed by atoms with Crippen LogP contribution in [0.15, 0.2) is 18.2 Å². The number of carbonyl (C=O) groups excluding carboxylic acids is 1. The predicted molar refractivity (Wildman–Crippen MR) is 109 cm³/mol. The van der Waals surface area contributed by atoms with Gasteiger partial charge in [-0.15, -0.1) is 0 Å². The maximum absolute atomic E-state index is 11.8. The highest BCUT2D eigenvalue weighted by Crippen LogP contribution is 2.24. The van der Waals surface area contributed by atoms with E-state index in [-0.39, 0.29) is 11.9 Å². The Labute approximate surface area is 162 Å². The number of hydrogen-bond acceptors (Lipinski definition) is 4. The third kappa shape index (κ3) is 4.96. The number of fused-ring (bicyclic) bond motifs is 1. The lowest BCUT2D eigenvalue weighted by Crippen LogP contribution is -2.34. The van der Waals surface area contributed by atoms with Crippen molar-refractivity contribution in [2.45, 2.75) is 72.1 Å². The monoisotopic (exact) mass is 371 g/mol. The highest BCUT2D eigenvalue weighted by Gasteiger charge is 2.23. The molecule has 1 aromatic heterocycles. The molecule has 2 fully saturated rings. The lowest BCUT2D eigenvalue weighted by molar-refractivity contribution is -0.0592. The average Bonchev–Trinajstić information content (AvgIpc) is 2.96. The molecule has 0 saturated carbocycles. The zero-order valence-electron chi connectivity index (χ0n) is 17.0. The van der Waals surface area contributed by atoms with E-state index in [4.69, 9.17) is 9.72 Å². The van der Waals surface area contributed by atoms with Gasteiger partial charge in [-0.2, -0.15) is 0 Å². The zero-order valence-corrected chi connectivity index (χ0v) is 17.0. The quantitative estimate of drug-likeness (QED) is 0.730. The Kier molecular flexibility index (Phi) is 7.02. The van der Waals surface area contributed by atoms with Gasteiger partial charge in [0.1, 0.15) is 5.82 Å². The molecule has 1 atom stereocenters. The van der Waals surface area contributed by atoms with E-state index >= 15 is 0 Å². The lowest BCUT2D eigenvalue weighted by Gasteiger charge is -2.29. The molecule has 5 nitrogen and oxygen atoms in total. The van der Waals surface area contributed by atoms with Gasteiger partial charge in [0.25, 0.3) is 0 Å². The molecule has 0 aliphatic carbocycles. The van der Waals surface area contributed by atoms with Crippen molar-refractivity contribution in [1.82, 2.24) is 14.5 Å².